The van der Waals surface area contributed by atoms with Crippen molar-refractivity contribution in [2.45, 2.75) is 25.7 Å². The molecule has 0 unspecified atom stereocenters. The minimum absolute atomic E-state index is 1.02. The smallest absolute Gasteiger partial charge is 0.0512 e. The molecular formula is C26H49BrN8. The molecule has 0 aliphatic carbocycles. The first-order valence-corrected chi connectivity index (χ1v) is 14.7. The van der Waals surface area contributed by atoms with Gasteiger partial charge >= 0.3 is 0 Å². The zero-order valence-electron chi connectivity index (χ0n) is 21.6. The molecule has 8 nitrogen and oxygen atoms in total. The molecule has 0 radical (unpaired) electrons. The van der Waals surface area contributed by atoms with Crippen LogP contribution in [0.2, 0.25) is 0 Å². The largest absolute Gasteiger partial charge is 0.370 e. The summed E-state index contributed by atoms with van der Waals surface area (Å²) in [5.41, 5.74) is 2.62. The Morgan fingerprint density at radius 3 is 1.49 bits per heavy atom. The van der Waals surface area contributed by atoms with Crippen molar-refractivity contribution in [2.75, 3.05) is 115 Å². The van der Waals surface area contributed by atoms with E-state index in [9.17, 15) is 0 Å². The van der Waals surface area contributed by atoms with E-state index in [1.54, 1.807) is 0 Å². The zero-order valence-corrected chi connectivity index (χ0v) is 23.2. The molecule has 2 aliphatic heterocycles. The Kier molecular flexibility index (Phi) is 15.0. The molecule has 0 amide bonds. The van der Waals surface area contributed by atoms with Crippen LogP contribution in [-0.2, 0) is 0 Å². The molecule has 0 bridgehead atoms. The van der Waals surface area contributed by atoms with E-state index in [0.717, 1.165) is 118 Å². The maximum Gasteiger partial charge on any atom is 0.0512 e. The van der Waals surface area contributed by atoms with Gasteiger partial charge in [-0.2, -0.15) is 0 Å². The predicted octanol–water partition coefficient (Wildman–Crippen LogP) is 1.19. The molecular weight excluding hydrogens is 504 g/mol. The monoisotopic (exact) mass is 552 g/mol. The van der Waals surface area contributed by atoms with Crippen molar-refractivity contribution in [3.05, 3.63) is 22.7 Å². The van der Waals surface area contributed by atoms with E-state index in [4.69, 9.17) is 0 Å². The summed E-state index contributed by atoms with van der Waals surface area (Å²) >= 11 is 3.94. The van der Waals surface area contributed by atoms with Crippen LogP contribution < -0.4 is 41.7 Å². The number of anilines is 2. The first-order chi connectivity index (χ1) is 17.3. The Morgan fingerprint density at radius 2 is 0.943 bits per heavy atom. The van der Waals surface area contributed by atoms with Gasteiger partial charge in [0.25, 0.3) is 0 Å². The quantitative estimate of drug-likeness (QED) is 0.326. The molecule has 2 fully saturated rings. The van der Waals surface area contributed by atoms with E-state index in [-0.39, 0.29) is 0 Å². The minimum atomic E-state index is 1.02. The highest BCUT2D eigenvalue weighted by molar-refractivity contribution is 9.10. The summed E-state index contributed by atoms with van der Waals surface area (Å²) in [6.45, 7) is 16.9. The van der Waals surface area contributed by atoms with Crippen LogP contribution in [-0.4, -0.2) is 105 Å². The maximum atomic E-state index is 3.94. The zero-order chi connectivity index (χ0) is 24.4. The number of nitrogens with one attached hydrogen (secondary N) is 6. The van der Waals surface area contributed by atoms with Crippen molar-refractivity contribution < 1.29 is 0 Å². The summed E-state index contributed by atoms with van der Waals surface area (Å²) in [7, 11) is 0. The van der Waals surface area contributed by atoms with E-state index in [2.05, 4.69) is 75.8 Å². The van der Waals surface area contributed by atoms with Crippen LogP contribution in [0.3, 0.4) is 0 Å². The van der Waals surface area contributed by atoms with Gasteiger partial charge in [0.15, 0.2) is 0 Å². The van der Waals surface area contributed by atoms with Gasteiger partial charge in [-0.25, -0.2) is 0 Å². The lowest BCUT2D eigenvalue weighted by Crippen LogP contribution is -2.37. The Morgan fingerprint density at radius 1 is 0.486 bits per heavy atom. The number of benzene rings is 1. The molecule has 2 heterocycles. The Labute approximate surface area is 221 Å². The van der Waals surface area contributed by atoms with Crippen LogP contribution in [0.1, 0.15) is 25.7 Å². The number of rotatable bonds is 2. The van der Waals surface area contributed by atoms with Gasteiger partial charge in [-0.3, -0.25) is 0 Å². The van der Waals surface area contributed by atoms with Gasteiger partial charge < -0.3 is 41.7 Å². The van der Waals surface area contributed by atoms with Crippen LogP contribution in [0.15, 0.2) is 22.7 Å². The van der Waals surface area contributed by atoms with Crippen LogP contribution in [0.5, 0.6) is 0 Å². The third-order valence-corrected chi connectivity index (χ3v) is 7.32. The molecule has 0 spiro atoms. The highest BCUT2D eigenvalue weighted by Gasteiger charge is 2.14. The molecule has 2 saturated heterocycles. The molecule has 1 aromatic carbocycles. The summed E-state index contributed by atoms with van der Waals surface area (Å²) < 4.78 is 1.20. The van der Waals surface area contributed by atoms with Gasteiger partial charge in [-0.15, -0.1) is 0 Å². The molecule has 35 heavy (non-hydrogen) atoms. The van der Waals surface area contributed by atoms with Gasteiger partial charge in [-0.1, -0.05) is 0 Å². The maximum absolute atomic E-state index is 3.94. The summed E-state index contributed by atoms with van der Waals surface area (Å²) in [6.07, 6.45) is 4.65. The normalized spacial score (nSPS) is 22.2. The van der Waals surface area contributed by atoms with E-state index >= 15 is 0 Å². The first-order valence-electron chi connectivity index (χ1n) is 13.9. The molecule has 3 rings (SSSR count). The number of nitrogens with zero attached hydrogens (tertiary/aromatic N) is 2. The fourth-order valence-electron chi connectivity index (χ4n) is 4.67. The Bertz CT molecular complexity index is 649. The summed E-state index contributed by atoms with van der Waals surface area (Å²) in [6, 6.07) is 6.98. The van der Waals surface area contributed by atoms with Crippen molar-refractivity contribution in [3.8, 4) is 0 Å². The third kappa shape index (κ3) is 11.8. The topological polar surface area (TPSA) is 78.7 Å². The van der Waals surface area contributed by atoms with Gasteiger partial charge in [-0.05, 0) is 99.1 Å². The van der Waals surface area contributed by atoms with Crippen molar-refractivity contribution in [1.82, 2.24) is 31.9 Å². The average Bonchev–Trinajstić information content (AvgIpc) is 2.87. The number of halogens is 1. The lowest BCUT2D eigenvalue weighted by molar-refractivity contribution is 0.549. The molecule has 0 atom stereocenters. The highest BCUT2D eigenvalue weighted by atomic mass is 79.9. The van der Waals surface area contributed by atoms with Gasteiger partial charge in [0, 0.05) is 75.6 Å². The summed E-state index contributed by atoms with van der Waals surface area (Å²) in [4.78, 5) is 5.07. The number of hydrogen-bond acceptors (Lipinski definition) is 8. The molecule has 9 heteroatoms. The average molecular weight is 554 g/mol. The second-order valence-electron chi connectivity index (χ2n) is 9.52. The van der Waals surface area contributed by atoms with Crippen LogP contribution in [0.25, 0.3) is 0 Å². The third-order valence-electron chi connectivity index (χ3n) is 6.69. The van der Waals surface area contributed by atoms with Gasteiger partial charge in [0.2, 0.25) is 0 Å². The lowest BCUT2D eigenvalue weighted by atomic mass is 10.2. The fraction of sp³-hybridized carbons (Fsp3) is 0.769. The first kappa shape index (κ1) is 28.6. The van der Waals surface area contributed by atoms with Gasteiger partial charge in [0.05, 0.1) is 5.69 Å². The molecule has 0 aromatic heterocycles. The van der Waals surface area contributed by atoms with E-state index in [1.165, 1.54) is 28.7 Å². The highest BCUT2D eigenvalue weighted by Crippen LogP contribution is 2.31. The second-order valence-corrected chi connectivity index (χ2v) is 10.4. The summed E-state index contributed by atoms with van der Waals surface area (Å²) in [5, 5.41) is 21.4. The van der Waals surface area contributed by atoms with Crippen molar-refractivity contribution in [3.63, 3.8) is 0 Å². The van der Waals surface area contributed by atoms with E-state index in [0.29, 0.717) is 0 Å². The molecule has 2 aliphatic rings. The van der Waals surface area contributed by atoms with Crippen molar-refractivity contribution >= 4 is 27.3 Å². The molecule has 200 valence electrons. The molecule has 1 aromatic rings. The SMILES string of the molecule is Brc1cc(N2CCCNCCNCCCNCC2)ccc1N1CCCNCCNCCCNCC1. The predicted molar refractivity (Wildman–Crippen MR) is 154 cm³/mol. The van der Waals surface area contributed by atoms with E-state index in [1.807, 2.05) is 0 Å². The summed E-state index contributed by atoms with van der Waals surface area (Å²) in [5.74, 6) is 0. The van der Waals surface area contributed by atoms with Crippen molar-refractivity contribution in [1.29, 1.82) is 0 Å². The standard InChI is InChI=1S/C26H49BrN8/c27-25-23-24(34-19-3-11-30-15-13-28-7-1-9-32-17-21-34)5-6-26(25)35-20-4-12-31-16-14-29-8-2-10-33-18-22-35/h5-6,23,28-33H,1-4,7-22H2. The molecule has 6 N–H and O–H groups in total. The van der Waals surface area contributed by atoms with Crippen LogP contribution >= 0.6 is 15.9 Å². The van der Waals surface area contributed by atoms with Crippen LogP contribution in [0, 0.1) is 0 Å². The van der Waals surface area contributed by atoms with Crippen LogP contribution in [0.4, 0.5) is 11.4 Å². The fourth-order valence-corrected chi connectivity index (χ4v) is 5.29. The Hall–Kier alpha value is -0.940. The second kappa shape index (κ2) is 18.3. The number of hydrogen-bond donors (Lipinski definition) is 6. The minimum Gasteiger partial charge on any atom is -0.370 e. The van der Waals surface area contributed by atoms with E-state index < -0.39 is 0 Å². The molecule has 0 saturated carbocycles. The lowest BCUT2D eigenvalue weighted by Gasteiger charge is -2.29. The van der Waals surface area contributed by atoms with Crippen molar-refractivity contribution in [2.24, 2.45) is 0 Å². The van der Waals surface area contributed by atoms with Gasteiger partial charge in [0.1, 0.15) is 0 Å². The Balaban J connectivity index is 1.61.